The van der Waals surface area contributed by atoms with Crippen LogP contribution in [-0.4, -0.2) is 17.5 Å². The number of hydrogen-bond acceptors (Lipinski definition) is 3. The summed E-state index contributed by atoms with van der Waals surface area (Å²) >= 11 is 0. The molecule has 1 aromatic heterocycles. The Labute approximate surface area is 139 Å². The molecule has 0 radical (unpaired) electrons. The Morgan fingerprint density at radius 2 is 1.88 bits per heavy atom. The van der Waals surface area contributed by atoms with Crippen LogP contribution in [0, 0.1) is 13.8 Å². The monoisotopic (exact) mass is 322 g/mol. The number of ether oxygens (including phenoxy) is 1. The summed E-state index contributed by atoms with van der Waals surface area (Å²) in [6.45, 7) is 3.73. The van der Waals surface area contributed by atoms with Crippen molar-refractivity contribution < 1.29 is 9.53 Å². The molecule has 0 aliphatic rings. The summed E-state index contributed by atoms with van der Waals surface area (Å²) in [5.41, 5.74) is 3.02. The highest BCUT2D eigenvalue weighted by Crippen LogP contribution is 2.19. The standard InChI is InChI=1S/C19H18N2O3/c1-12-5-3-4-6-17(12)24-11-19(23)20-14-7-8-15-13(2)9-18(22)21-16(15)10-14/h3-10H,11H2,1-2H3,(H,20,23)(H,21,22). The number of aromatic amines is 1. The average molecular weight is 322 g/mol. The number of nitrogens with one attached hydrogen (secondary N) is 2. The molecule has 0 bridgehead atoms. The molecular weight excluding hydrogens is 304 g/mol. The number of benzene rings is 2. The van der Waals surface area contributed by atoms with Crippen LogP contribution in [0.4, 0.5) is 5.69 Å². The second-order valence-electron chi connectivity index (χ2n) is 5.68. The van der Waals surface area contributed by atoms with Gasteiger partial charge >= 0.3 is 0 Å². The maximum Gasteiger partial charge on any atom is 0.262 e. The van der Waals surface area contributed by atoms with Gasteiger partial charge < -0.3 is 15.0 Å². The summed E-state index contributed by atoms with van der Waals surface area (Å²) in [7, 11) is 0. The third kappa shape index (κ3) is 3.46. The summed E-state index contributed by atoms with van der Waals surface area (Å²) in [4.78, 5) is 26.4. The average Bonchev–Trinajstić information content (AvgIpc) is 2.53. The van der Waals surface area contributed by atoms with Gasteiger partial charge in [-0.15, -0.1) is 0 Å². The quantitative estimate of drug-likeness (QED) is 0.775. The second kappa shape index (κ2) is 6.58. The minimum atomic E-state index is -0.257. The van der Waals surface area contributed by atoms with Crippen molar-refractivity contribution in [2.75, 3.05) is 11.9 Å². The van der Waals surface area contributed by atoms with Crippen LogP contribution in [-0.2, 0) is 4.79 Å². The van der Waals surface area contributed by atoms with Crippen molar-refractivity contribution in [1.29, 1.82) is 0 Å². The van der Waals surface area contributed by atoms with Crippen molar-refractivity contribution in [3.05, 3.63) is 70.0 Å². The lowest BCUT2D eigenvalue weighted by Gasteiger charge is -2.10. The van der Waals surface area contributed by atoms with E-state index in [2.05, 4.69) is 10.3 Å². The highest BCUT2D eigenvalue weighted by atomic mass is 16.5. The van der Waals surface area contributed by atoms with Crippen LogP contribution in [0.15, 0.2) is 53.3 Å². The third-order valence-electron chi connectivity index (χ3n) is 3.79. The SMILES string of the molecule is Cc1ccccc1OCC(=O)Nc1ccc2c(C)cc(=O)[nH]c2c1. The van der Waals surface area contributed by atoms with Crippen molar-refractivity contribution in [3.63, 3.8) is 0 Å². The molecule has 1 heterocycles. The Bertz CT molecular complexity index is 960. The van der Waals surface area contributed by atoms with E-state index in [0.717, 1.165) is 16.5 Å². The number of fused-ring (bicyclic) bond motifs is 1. The van der Waals surface area contributed by atoms with Gasteiger partial charge in [0.2, 0.25) is 5.56 Å². The minimum absolute atomic E-state index is 0.0762. The lowest BCUT2D eigenvalue weighted by atomic mass is 10.1. The number of hydrogen-bond donors (Lipinski definition) is 2. The summed E-state index contributed by atoms with van der Waals surface area (Å²) in [6.07, 6.45) is 0. The Balaban J connectivity index is 1.71. The van der Waals surface area contributed by atoms with Gasteiger partial charge in [-0.3, -0.25) is 9.59 Å². The number of aryl methyl sites for hydroxylation is 2. The van der Waals surface area contributed by atoms with Crippen LogP contribution in [0.2, 0.25) is 0 Å². The van der Waals surface area contributed by atoms with E-state index in [1.54, 1.807) is 18.2 Å². The first-order valence-electron chi connectivity index (χ1n) is 7.65. The molecule has 0 saturated heterocycles. The molecule has 2 N–H and O–H groups in total. The first-order valence-corrected chi connectivity index (χ1v) is 7.65. The molecule has 0 fully saturated rings. The van der Waals surface area contributed by atoms with Crippen molar-refractivity contribution in [1.82, 2.24) is 4.98 Å². The summed E-state index contributed by atoms with van der Waals surface area (Å²) in [5.74, 6) is 0.429. The Hall–Kier alpha value is -3.08. The van der Waals surface area contributed by atoms with Gasteiger partial charge in [-0.25, -0.2) is 0 Å². The summed E-state index contributed by atoms with van der Waals surface area (Å²) in [6, 6.07) is 14.5. The number of para-hydroxylation sites is 1. The van der Waals surface area contributed by atoms with E-state index in [4.69, 9.17) is 4.74 Å². The molecule has 5 heteroatoms. The number of rotatable bonds is 4. The van der Waals surface area contributed by atoms with Crippen molar-refractivity contribution in [3.8, 4) is 5.75 Å². The largest absolute Gasteiger partial charge is 0.483 e. The number of amides is 1. The maximum atomic E-state index is 12.1. The van der Waals surface area contributed by atoms with E-state index in [9.17, 15) is 9.59 Å². The van der Waals surface area contributed by atoms with Crippen molar-refractivity contribution in [2.24, 2.45) is 0 Å². The predicted octanol–water partition coefficient (Wildman–Crippen LogP) is 3.16. The van der Waals surface area contributed by atoms with Crippen LogP contribution in [0.3, 0.4) is 0 Å². The van der Waals surface area contributed by atoms with Gasteiger partial charge in [0.1, 0.15) is 5.75 Å². The fraction of sp³-hybridized carbons (Fsp3) is 0.158. The van der Waals surface area contributed by atoms with Crippen LogP contribution < -0.4 is 15.6 Å². The van der Waals surface area contributed by atoms with Gasteiger partial charge in [-0.05, 0) is 43.2 Å². The number of pyridine rings is 1. The molecule has 24 heavy (non-hydrogen) atoms. The van der Waals surface area contributed by atoms with Crippen molar-refractivity contribution >= 4 is 22.5 Å². The summed E-state index contributed by atoms with van der Waals surface area (Å²) in [5, 5.41) is 3.72. The van der Waals surface area contributed by atoms with E-state index >= 15 is 0 Å². The minimum Gasteiger partial charge on any atom is -0.483 e. The van der Waals surface area contributed by atoms with Crippen LogP contribution in [0.25, 0.3) is 10.9 Å². The smallest absolute Gasteiger partial charge is 0.262 e. The van der Waals surface area contributed by atoms with Crippen molar-refractivity contribution in [2.45, 2.75) is 13.8 Å². The van der Waals surface area contributed by atoms with Gasteiger partial charge in [0, 0.05) is 17.1 Å². The van der Waals surface area contributed by atoms with E-state index in [-0.39, 0.29) is 18.1 Å². The molecule has 5 nitrogen and oxygen atoms in total. The molecule has 0 spiro atoms. The lowest BCUT2D eigenvalue weighted by molar-refractivity contribution is -0.118. The van der Waals surface area contributed by atoms with E-state index in [1.165, 1.54) is 0 Å². The zero-order valence-electron chi connectivity index (χ0n) is 13.6. The van der Waals surface area contributed by atoms with Crippen LogP contribution in [0.5, 0.6) is 5.75 Å². The molecule has 0 atom stereocenters. The first-order chi connectivity index (χ1) is 11.5. The summed E-state index contributed by atoms with van der Waals surface area (Å²) < 4.78 is 5.53. The van der Waals surface area contributed by atoms with E-state index < -0.39 is 0 Å². The highest BCUT2D eigenvalue weighted by Gasteiger charge is 2.07. The fourth-order valence-electron chi connectivity index (χ4n) is 2.57. The zero-order chi connectivity index (χ0) is 17.1. The van der Waals surface area contributed by atoms with E-state index in [0.29, 0.717) is 17.0 Å². The second-order valence-corrected chi connectivity index (χ2v) is 5.68. The topological polar surface area (TPSA) is 71.2 Å². The van der Waals surface area contributed by atoms with Gasteiger partial charge in [-0.1, -0.05) is 24.3 Å². The van der Waals surface area contributed by atoms with E-state index in [1.807, 2.05) is 44.2 Å². The fourth-order valence-corrected chi connectivity index (χ4v) is 2.57. The Kier molecular flexibility index (Phi) is 4.33. The molecule has 3 rings (SSSR count). The zero-order valence-corrected chi connectivity index (χ0v) is 13.6. The lowest BCUT2D eigenvalue weighted by Crippen LogP contribution is -2.20. The number of carbonyl (C=O) groups excluding carboxylic acids is 1. The molecule has 0 unspecified atom stereocenters. The molecule has 0 aliphatic carbocycles. The van der Waals surface area contributed by atoms with Gasteiger partial charge in [0.05, 0.1) is 5.52 Å². The molecule has 0 aliphatic heterocycles. The molecule has 0 saturated carbocycles. The number of anilines is 1. The molecule has 3 aromatic rings. The van der Waals surface area contributed by atoms with Gasteiger partial charge in [-0.2, -0.15) is 0 Å². The normalized spacial score (nSPS) is 10.6. The highest BCUT2D eigenvalue weighted by molar-refractivity contribution is 5.94. The molecule has 2 aromatic carbocycles. The third-order valence-corrected chi connectivity index (χ3v) is 3.79. The molecular formula is C19H18N2O3. The predicted molar refractivity (Wildman–Crippen MR) is 94.6 cm³/mol. The van der Waals surface area contributed by atoms with Gasteiger partial charge in [0.15, 0.2) is 6.61 Å². The van der Waals surface area contributed by atoms with Crippen LogP contribution in [0.1, 0.15) is 11.1 Å². The number of aromatic nitrogens is 1. The number of carbonyl (C=O) groups is 1. The van der Waals surface area contributed by atoms with Gasteiger partial charge in [0.25, 0.3) is 5.91 Å². The van der Waals surface area contributed by atoms with Crippen LogP contribution >= 0.6 is 0 Å². The molecule has 1 amide bonds. The first kappa shape index (κ1) is 15.8. The number of H-pyrrole nitrogens is 1. The molecule has 122 valence electrons. The maximum absolute atomic E-state index is 12.1. The Morgan fingerprint density at radius 3 is 2.67 bits per heavy atom. The Morgan fingerprint density at radius 1 is 1.08 bits per heavy atom.